The maximum atomic E-state index is 13.0. The summed E-state index contributed by atoms with van der Waals surface area (Å²) in [5.41, 5.74) is 2.96. The molecule has 1 aliphatic rings. The van der Waals surface area contributed by atoms with E-state index in [1.165, 1.54) is 37.2 Å². The Balaban J connectivity index is 1.56. The van der Waals surface area contributed by atoms with Gasteiger partial charge in [0.25, 0.3) is 0 Å². The van der Waals surface area contributed by atoms with E-state index < -0.39 is 11.7 Å². The number of hydrogen-bond donors (Lipinski definition) is 1. The molecule has 0 amide bonds. The van der Waals surface area contributed by atoms with Crippen molar-refractivity contribution in [2.75, 3.05) is 13.1 Å². The number of likely N-dealkylation sites (tertiary alicyclic amines) is 1. The Morgan fingerprint density at radius 1 is 1.07 bits per heavy atom. The summed E-state index contributed by atoms with van der Waals surface area (Å²) in [5, 5.41) is 1.04. The fourth-order valence-electron chi connectivity index (χ4n) is 3.97. The topological polar surface area (TPSA) is 19.0 Å². The van der Waals surface area contributed by atoms with Gasteiger partial charge in [-0.3, -0.25) is 0 Å². The van der Waals surface area contributed by atoms with Crippen LogP contribution in [0.3, 0.4) is 0 Å². The van der Waals surface area contributed by atoms with Crippen LogP contribution in [0.5, 0.6) is 0 Å². The van der Waals surface area contributed by atoms with Crippen molar-refractivity contribution in [3.63, 3.8) is 0 Å². The van der Waals surface area contributed by atoms with Crippen LogP contribution in [0.1, 0.15) is 31.0 Å². The molecule has 0 aliphatic carbocycles. The lowest BCUT2D eigenvalue weighted by Crippen LogP contribution is -2.29. The first-order valence-corrected chi connectivity index (χ1v) is 9.43. The largest absolute Gasteiger partial charge is 0.416 e. The fraction of sp³-hybridized carbons (Fsp3) is 0.364. The molecule has 2 aromatic carbocycles. The van der Waals surface area contributed by atoms with Gasteiger partial charge in [0.05, 0.1) is 5.56 Å². The summed E-state index contributed by atoms with van der Waals surface area (Å²) in [6, 6.07) is 14.1. The van der Waals surface area contributed by atoms with Gasteiger partial charge in [-0.15, -0.1) is 0 Å². The summed E-state index contributed by atoms with van der Waals surface area (Å²) in [5.74, 6) is 0. The van der Waals surface area contributed by atoms with Crippen LogP contribution >= 0.6 is 0 Å². The Morgan fingerprint density at radius 3 is 2.63 bits per heavy atom. The molecule has 27 heavy (non-hydrogen) atoms. The van der Waals surface area contributed by atoms with Crippen molar-refractivity contribution in [2.24, 2.45) is 0 Å². The van der Waals surface area contributed by atoms with E-state index >= 15 is 0 Å². The number of hydrogen-bond acceptors (Lipinski definition) is 1. The van der Waals surface area contributed by atoms with Gasteiger partial charge < -0.3 is 9.88 Å². The van der Waals surface area contributed by atoms with Crippen LogP contribution in [0, 0.1) is 0 Å². The number of benzene rings is 2. The number of H-pyrrole nitrogens is 1. The molecule has 1 saturated heterocycles. The fourth-order valence-corrected chi connectivity index (χ4v) is 3.97. The highest BCUT2D eigenvalue weighted by atomic mass is 19.4. The minimum Gasteiger partial charge on any atom is -0.358 e. The van der Waals surface area contributed by atoms with Gasteiger partial charge in [0.2, 0.25) is 0 Å². The minimum atomic E-state index is -4.33. The lowest BCUT2D eigenvalue weighted by atomic mass is 10.0. The third-order valence-corrected chi connectivity index (χ3v) is 5.56. The molecule has 0 saturated carbocycles. The molecule has 2 heterocycles. The van der Waals surface area contributed by atoms with Crippen molar-refractivity contribution in [1.82, 2.24) is 9.88 Å². The van der Waals surface area contributed by atoms with Gasteiger partial charge >= 0.3 is 6.18 Å². The van der Waals surface area contributed by atoms with E-state index in [4.69, 9.17) is 0 Å². The molecule has 1 fully saturated rings. The third kappa shape index (κ3) is 3.88. The predicted octanol–water partition coefficient (Wildman–Crippen LogP) is 5.88. The zero-order chi connectivity index (χ0) is 19.0. The normalized spacial score (nSPS) is 18.4. The summed E-state index contributed by atoms with van der Waals surface area (Å²) in [4.78, 5) is 5.96. The second kappa shape index (κ2) is 7.04. The molecule has 1 N–H and O–H groups in total. The summed E-state index contributed by atoms with van der Waals surface area (Å²) in [6.45, 7) is 4.48. The number of alkyl halides is 3. The van der Waals surface area contributed by atoms with E-state index in [1.54, 1.807) is 6.07 Å². The van der Waals surface area contributed by atoms with E-state index in [-0.39, 0.29) is 0 Å². The Morgan fingerprint density at radius 2 is 1.89 bits per heavy atom. The first-order chi connectivity index (χ1) is 12.9. The molecule has 3 aromatic rings. The molecule has 0 radical (unpaired) electrons. The van der Waals surface area contributed by atoms with Crippen LogP contribution in [0.15, 0.2) is 48.5 Å². The number of aromatic amines is 1. The first kappa shape index (κ1) is 18.1. The average molecular weight is 372 g/mol. The summed E-state index contributed by atoms with van der Waals surface area (Å²) in [6.07, 6.45) is -0.826. The van der Waals surface area contributed by atoms with Crippen molar-refractivity contribution in [1.29, 1.82) is 0 Å². The third-order valence-electron chi connectivity index (χ3n) is 5.56. The molecule has 2 nitrogen and oxygen atoms in total. The quantitative estimate of drug-likeness (QED) is 0.606. The standard InChI is InChI=1S/C22H23F3N2/c1-15-4-3-10-27(15)11-9-20-14-18-12-17(7-8-21(18)26-20)16-5-2-6-19(13-16)22(23,24)25/h2,5-8,12-15,26H,3-4,9-11H2,1H3/t15-/m1/s1. The van der Waals surface area contributed by atoms with Crippen LogP contribution < -0.4 is 0 Å². The van der Waals surface area contributed by atoms with Crippen LogP contribution in [-0.4, -0.2) is 29.0 Å². The number of halogens is 3. The molecule has 142 valence electrons. The maximum Gasteiger partial charge on any atom is 0.416 e. The number of aromatic nitrogens is 1. The van der Waals surface area contributed by atoms with Crippen molar-refractivity contribution >= 4 is 10.9 Å². The van der Waals surface area contributed by atoms with Gasteiger partial charge in [-0.25, -0.2) is 0 Å². The van der Waals surface area contributed by atoms with Crippen LogP contribution in [0.25, 0.3) is 22.0 Å². The molecule has 1 aliphatic heterocycles. The molecule has 1 aromatic heterocycles. The number of fused-ring (bicyclic) bond motifs is 1. The SMILES string of the molecule is C[C@@H]1CCCN1CCc1cc2cc(-c3cccc(C(F)(F)F)c3)ccc2[nH]1. The molecular weight excluding hydrogens is 349 g/mol. The van der Waals surface area contributed by atoms with Crippen LogP contribution in [-0.2, 0) is 12.6 Å². The summed E-state index contributed by atoms with van der Waals surface area (Å²) in [7, 11) is 0. The number of rotatable bonds is 4. The average Bonchev–Trinajstić information content (AvgIpc) is 3.24. The smallest absolute Gasteiger partial charge is 0.358 e. The molecular formula is C22H23F3N2. The summed E-state index contributed by atoms with van der Waals surface area (Å²) >= 11 is 0. The highest BCUT2D eigenvalue weighted by Gasteiger charge is 2.30. The van der Waals surface area contributed by atoms with Gasteiger partial charge in [0.1, 0.15) is 0 Å². The molecule has 5 heteroatoms. The lowest BCUT2D eigenvalue weighted by molar-refractivity contribution is -0.137. The molecule has 0 unspecified atom stereocenters. The van der Waals surface area contributed by atoms with Crippen molar-refractivity contribution in [2.45, 2.75) is 38.4 Å². The Hall–Kier alpha value is -2.27. The zero-order valence-corrected chi connectivity index (χ0v) is 15.3. The highest BCUT2D eigenvalue weighted by molar-refractivity contribution is 5.86. The van der Waals surface area contributed by atoms with Crippen molar-refractivity contribution in [3.8, 4) is 11.1 Å². The van der Waals surface area contributed by atoms with E-state index in [0.717, 1.165) is 35.5 Å². The van der Waals surface area contributed by atoms with E-state index in [9.17, 15) is 13.2 Å². The van der Waals surface area contributed by atoms with E-state index in [2.05, 4.69) is 22.9 Å². The van der Waals surface area contributed by atoms with Gasteiger partial charge in [0, 0.05) is 35.6 Å². The van der Waals surface area contributed by atoms with Crippen molar-refractivity contribution < 1.29 is 13.2 Å². The number of nitrogens with zero attached hydrogens (tertiary/aromatic N) is 1. The van der Waals surface area contributed by atoms with Crippen LogP contribution in [0.4, 0.5) is 13.2 Å². The Labute approximate surface area is 157 Å². The van der Waals surface area contributed by atoms with Gasteiger partial charge in [-0.05, 0) is 67.8 Å². The van der Waals surface area contributed by atoms with E-state index in [1.807, 2.05) is 18.2 Å². The number of nitrogens with one attached hydrogen (secondary N) is 1. The first-order valence-electron chi connectivity index (χ1n) is 9.43. The summed E-state index contributed by atoms with van der Waals surface area (Å²) < 4.78 is 38.9. The highest BCUT2D eigenvalue weighted by Crippen LogP contribution is 2.33. The maximum absolute atomic E-state index is 13.0. The Kier molecular flexibility index (Phi) is 4.72. The van der Waals surface area contributed by atoms with Gasteiger partial charge in [-0.1, -0.05) is 18.2 Å². The molecule has 0 spiro atoms. The van der Waals surface area contributed by atoms with Crippen molar-refractivity contribution in [3.05, 3.63) is 59.8 Å². The lowest BCUT2D eigenvalue weighted by Gasteiger charge is -2.20. The Bertz CT molecular complexity index is 942. The monoisotopic (exact) mass is 372 g/mol. The van der Waals surface area contributed by atoms with Crippen LogP contribution in [0.2, 0.25) is 0 Å². The van der Waals surface area contributed by atoms with Gasteiger partial charge in [0.15, 0.2) is 0 Å². The minimum absolute atomic E-state index is 0.584. The second-order valence-electron chi connectivity index (χ2n) is 7.45. The van der Waals surface area contributed by atoms with Gasteiger partial charge in [-0.2, -0.15) is 13.2 Å². The zero-order valence-electron chi connectivity index (χ0n) is 15.3. The molecule has 1 atom stereocenters. The predicted molar refractivity (Wildman–Crippen MR) is 103 cm³/mol. The molecule has 0 bridgehead atoms. The second-order valence-corrected chi connectivity index (χ2v) is 7.45. The molecule has 4 rings (SSSR count). The van der Waals surface area contributed by atoms with E-state index in [0.29, 0.717) is 11.6 Å².